The molecular weight excluding hydrogens is 438 g/mol. The Balaban J connectivity index is 1.48. The molecule has 3 heterocycles. The molecular formula is C24H29N5O3S. The Morgan fingerprint density at radius 3 is 2.45 bits per heavy atom. The topological polar surface area (TPSA) is 93.3 Å². The van der Waals surface area contributed by atoms with Gasteiger partial charge in [-0.05, 0) is 56.2 Å². The van der Waals surface area contributed by atoms with E-state index in [0.717, 1.165) is 37.6 Å². The van der Waals surface area contributed by atoms with Crippen LogP contribution in [0.15, 0.2) is 52.2 Å². The zero-order valence-corrected chi connectivity index (χ0v) is 20.0. The average molecular weight is 468 g/mol. The number of ketones is 1. The number of rotatable bonds is 9. The molecule has 1 atom stereocenters. The van der Waals surface area contributed by atoms with Crippen LogP contribution >= 0.6 is 11.8 Å². The molecule has 1 fully saturated rings. The van der Waals surface area contributed by atoms with E-state index >= 15 is 0 Å². The highest BCUT2D eigenvalue weighted by Gasteiger charge is 2.25. The summed E-state index contributed by atoms with van der Waals surface area (Å²) < 4.78 is 7.58. The minimum atomic E-state index is -0.355. The molecule has 9 heteroatoms. The van der Waals surface area contributed by atoms with Crippen molar-refractivity contribution in [2.24, 2.45) is 5.92 Å². The number of furan rings is 1. The first-order valence-corrected chi connectivity index (χ1v) is 12.1. The van der Waals surface area contributed by atoms with Crippen LogP contribution in [0, 0.1) is 5.92 Å². The monoisotopic (exact) mass is 467 g/mol. The highest BCUT2D eigenvalue weighted by molar-refractivity contribution is 8.00. The fourth-order valence-electron chi connectivity index (χ4n) is 3.67. The minimum absolute atomic E-state index is 0.00277. The molecule has 0 bridgehead atoms. The normalized spacial score (nSPS) is 14.6. The van der Waals surface area contributed by atoms with Gasteiger partial charge in [-0.15, -0.1) is 10.2 Å². The second-order valence-electron chi connectivity index (χ2n) is 8.49. The molecule has 0 saturated carbocycles. The summed E-state index contributed by atoms with van der Waals surface area (Å²) in [5.74, 6) is 1.47. The molecule has 174 valence electrons. The van der Waals surface area contributed by atoms with Crippen LogP contribution < -0.4 is 10.2 Å². The summed E-state index contributed by atoms with van der Waals surface area (Å²) >= 11 is 1.40. The number of hydrogen-bond donors (Lipinski definition) is 1. The summed E-state index contributed by atoms with van der Waals surface area (Å²) in [4.78, 5) is 27.2. The largest absolute Gasteiger partial charge is 0.467 e. The number of nitrogens with one attached hydrogen (secondary N) is 1. The quantitative estimate of drug-likeness (QED) is 0.366. The molecule has 1 amide bonds. The zero-order chi connectivity index (χ0) is 23.4. The summed E-state index contributed by atoms with van der Waals surface area (Å²) in [6.07, 6.45) is 3.93. The van der Waals surface area contributed by atoms with E-state index in [9.17, 15) is 9.59 Å². The standard InChI is InChI=1S/C24H29N5O3S/c1-16(2)22(31)25-19-10-8-18(9-11-19)21(30)17(3)33-24-27-26-23(28-12-4-5-13-28)29(24)15-20-7-6-14-32-20/h6-11,14,16-17H,4-5,12-13,15H2,1-3H3,(H,25,31)/t17-/m0/s1. The molecule has 0 radical (unpaired) electrons. The van der Waals surface area contributed by atoms with Crippen LogP contribution in [0.25, 0.3) is 0 Å². The second-order valence-corrected chi connectivity index (χ2v) is 9.80. The van der Waals surface area contributed by atoms with Crippen molar-refractivity contribution in [1.82, 2.24) is 14.8 Å². The SMILES string of the molecule is CC(C)C(=O)Nc1ccc(C(=O)[C@H](C)Sc2nnc(N3CCCC3)n2Cc2ccco2)cc1. The van der Waals surface area contributed by atoms with Crippen LogP contribution in [0.1, 0.15) is 49.7 Å². The average Bonchev–Trinajstić information content (AvgIpc) is 3.57. The molecule has 3 aromatic rings. The molecule has 2 aromatic heterocycles. The number of hydrogen-bond acceptors (Lipinski definition) is 7. The van der Waals surface area contributed by atoms with Gasteiger partial charge >= 0.3 is 0 Å². The molecule has 8 nitrogen and oxygen atoms in total. The van der Waals surface area contributed by atoms with E-state index in [1.54, 1.807) is 30.5 Å². The zero-order valence-electron chi connectivity index (χ0n) is 19.2. The van der Waals surface area contributed by atoms with Crippen molar-refractivity contribution in [3.8, 4) is 0 Å². The first-order valence-electron chi connectivity index (χ1n) is 11.2. The predicted molar refractivity (Wildman–Crippen MR) is 129 cm³/mol. The number of thioether (sulfide) groups is 1. The number of amides is 1. The van der Waals surface area contributed by atoms with Gasteiger partial charge < -0.3 is 14.6 Å². The predicted octanol–water partition coefficient (Wildman–Crippen LogP) is 4.48. The van der Waals surface area contributed by atoms with Gasteiger partial charge in [0.2, 0.25) is 11.9 Å². The maximum absolute atomic E-state index is 13.1. The molecule has 0 unspecified atom stereocenters. The smallest absolute Gasteiger partial charge is 0.228 e. The summed E-state index contributed by atoms with van der Waals surface area (Å²) in [7, 11) is 0. The highest BCUT2D eigenvalue weighted by atomic mass is 32.2. The van der Waals surface area contributed by atoms with Crippen molar-refractivity contribution in [2.75, 3.05) is 23.3 Å². The Hall–Kier alpha value is -3.07. The van der Waals surface area contributed by atoms with Crippen LogP contribution in [0.2, 0.25) is 0 Å². The third kappa shape index (κ3) is 5.47. The Bertz CT molecular complexity index is 1090. The van der Waals surface area contributed by atoms with E-state index in [1.807, 2.05) is 37.5 Å². The fourth-order valence-corrected chi connectivity index (χ4v) is 4.59. The second kappa shape index (κ2) is 10.2. The van der Waals surface area contributed by atoms with Crippen molar-refractivity contribution >= 4 is 35.1 Å². The van der Waals surface area contributed by atoms with E-state index < -0.39 is 0 Å². The van der Waals surface area contributed by atoms with E-state index in [-0.39, 0.29) is 22.9 Å². The maximum Gasteiger partial charge on any atom is 0.228 e. The summed E-state index contributed by atoms with van der Waals surface area (Å²) in [5.41, 5.74) is 1.27. The number of nitrogens with zero attached hydrogens (tertiary/aromatic N) is 4. The van der Waals surface area contributed by atoms with Gasteiger partial charge in [0, 0.05) is 30.3 Å². The van der Waals surface area contributed by atoms with Gasteiger partial charge in [0.25, 0.3) is 0 Å². The van der Waals surface area contributed by atoms with E-state index in [4.69, 9.17) is 4.42 Å². The van der Waals surface area contributed by atoms with Crippen molar-refractivity contribution in [1.29, 1.82) is 0 Å². The first-order chi connectivity index (χ1) is 15.9. The van der Waals surface area contributed by atoms with Gasteiger partial charge in [0.05, 0.1) is 18.1 Å². The molecule has 1 aliphatic heterocycles. The summed E-state index contributed by atoms with van der Waals surface area (Å²) in [6, 6.07) is 10.8. The lowest BCUT2D eigenvalue weighted by Crippen LogP contribution is -2.23. The Labute approximate surface area is 197 Å². The van der Waals surface area contributed by atoms with Gasteiger partial charge in [-0.25, -0.2) is 0 Å². The van der Waals surface area contributed by atoms with Crippen LogP contribution in [0.3, 0.4) is 0 Å². The lowest BCUT2D eigenvalue weighted by molar-refractivity contribution is -0.118. The van der Waals surface area contributed by atoms with Gasteiger partial charge in [0.1, 0.15) is 5.76 Å². The lowest BCUT2D eigenvalue weighted by Gasteiger charge is -2.18. The molecule has 1 aliphatic rings. The number of anilines is 2. The number of Topliss-reactive ketones (excluding diaryl/α,β-unsaturated/α-hetero) is 1. The number of carbonyl (C=O) groups excluding carboxylic acids is 2. The van der Waals surface area contributed by atoms with Crippen molar-refractivity contribution in [3.63, 3.8) is 0 Å². The third-order valence-electron chi connectivity index (χ3n) is 5.59. The molecule has 1 N–H and O–H groups in total. The Kier molecular flexibility index (Phi) is 7.17. The highest BCUT2D eigenvalue weighted by Crippen LogP contribution is 2.30. The fraction of sp³-hybridized carbons (Fsp3) is 0.417. The van der Waals surface area contributed by atoms with Crippen LogP contribution in [-0.4, -0.2) is 44.8 Å². The maximum atomic E-state index is 13.1. The molecule has 0 aliphatic carbocycles. The van der Waals surface area contributed by atoms with E-state index in [0.29, 0.717) is 23.0 Å². The van der Waals surface area contributed by atoms with Crippen LogP contribution in [0.5, 0.6) is 0 Å². The van der Waals surface area contributed by atoms with E-state index in [1.165, 1.54) is 11.8 Å². The van der Waals surface area contributed by atoms with Gasteiger partial charge in [-0.3, -0.25) is 14.2 Å². The molecule has 4 rings (SSSR count). The molecule has 33 heavy (non-hydrogen) atoms. The Morgan fingerprint density at radius 2 is 1.82 bits per heavy atom. The van der Waals surface area contributed by atoms with Crippen molar-refractivity contribution < 1.29 is 14.0 Å². The molecule has 0 spiro atoms. The summed E-state index contributed by atoms with van der Waals surface area (Å²) in [6.45, 7) is 7.98. The number of benzene rings is 1. The minimum Gasteiger partial charge on any atom is -0.467 e. The van der Waals surface area contributed by atoms with Gasteiger partial charge in [-0.2, -0.15) is 0 Å². The number of aromatic nitrogens is 3. The summed E-state index contributed by atoms with van der Waals surface area (Å²) in [5, 5.41) is 12.0. The van der Waals surface area contributed by atoms with Crippen LogP contribution in [0.4, 0.5) is 11.6 Å². The Morgan fingerprint density at radius 1 is 1.09 bits per heavy atom. The van der Waals surface area contributed by atoms with E-state index in [2.05, 4.69) is 20.4 Å². The molecule has 1 saturated heterocycles. The van der Waals surface area contributed by atoms with Crippen molar-refractivity contribution in [2.45, 2.75) is 50.6 Å². The van der Waals surface area contributed by atoms with Crippen LogP contribution in [-0.2, 0) is 11.3 Å². The lowest BCUT2D eigenvalue weighted by atomic mass is 10.1. The first kappa shape index (κ1) is 23.1. The van der Waals surface area contributed by atoms with Gasteiger partial charge in [0.15, 0.2) is 10.9 Å². The molecule has 1 aromatic carbocycles. The third-order valence-corrected chi connectivity index (χ3v) is 6.67. The number of carbonyl (C=O) groups is 2. The van der Waals surface area contributed by atoms with Gasteiger partial charge in [-0.1, -0.05) is 25.6 Å². The van der Waals surface area contributed by atoms with Crippen molar-refractivity contribution in [3.05, 3.63) is 54.0 Å².